The summed E-state index contributed by atoms with van der Waals surface area (Å²) in [4.78, 5) is 19.5. The highest BCUT2D eigenvalue weighted by atomic mass is 15.8. The summed E-state index contributed by atoms with van der Waals surface area (Å²) in [6.45, 7) is 0. The van der Waals surface area contributed by atoms with Gasteiger partial charge in [-0.3, -0.25) is 19.6 Å². The number of benzene rings is 4. The quantitative estimate of drug-likeness (QED) is 0.244. The molecule has 0 unspecified atom stereocenters. The number of nitrogens with zero attached hydrogens (tertiary/aromatic N) is 6. The van der Waals surface area contributed by atoms with Gasteiger partial charge in [0.2, 0.25) is 0 Å². The summed E-state index contributed by atoms with van der Waals surface area (Å²) in [5.41, 5.74) is 6.51. The maximum absolute atomic E-state index is 4.99. The van der Waals surface area contributed by atoms with Crippen LogP contribution >= 0.6 is 0 Å². The van der Waals surface area contributed by atoms with Gasteiger partial charge in [-0.05, 0) is 55.0 Å². The first-order valence-electron chi connectivity index (χ1n) is 13.5. The number of para-hydroxylation sites is 4. The van der Waals surface area contributed by atoms with Crippen molar-refractivity contribution in [2.24, 2.45) is 0 Å². The summed E-state index contributed by atoms with van der Waals surface area (Å²) in [6.07, 6.45) is 9.08. The maximum Gasteiger partial charge on any atom is 0.298 e. The van der Waals surface area contributed by atoms with Crippen LogP contribution in [0, 0.1) is 0 Å². The van der Waals surface area contributed by atoms with Gasteiger partial charge >= 0.3 is 0 Å². The van der Waals surface area contributed by atoms with Gasteiger partial charge in [-0.2, -0.15) is 0 Å². The minimum absolute atomic E-state index is 0.792. The van der Waals surface area contributed by atoms with Gasteiger partial charge in [0.15, 0.2) is 11.6 Å². The maximum atomic E-state index is 4.99. The van der Waals surface area contributed by atoms with E-state index in [4.69, 9.17) is 9.97 Å². The summed E-state index contributed by atoms with van der Waals surface area (Å²) in [7, 11) is 0. The van der Waals surface area contributed by atoms with Gasteiger partial charge in [0.25, 0.3) is 5.91 Å². The van der Waals surface area contributed by atoms with Gasteiger partial charge in [0.05, 0.1) is 11.4 Å². The number of hydrogen-bond donors (Lipinski definition) is 0. The zero-order valence-corrected chi connectivity index (χ0v) is 21.7. The van der Waals surface area contributed by atoms with Crippen LogP contribution in [0.2, 0.25) is 0 Å². The van der Waals surface area contributed by atoms with Crippen LogP contribution in [0.5, 0.6) is 0 Å². The van der Waals surface area contributed by atoms with Crippen LogP contribution in [0.15, 0.2) is 157 Å². The third-order valence-corrected chi connectivity index (χ3v) is 7.71. The minimum Gasteiger partial charge on any atom is -0.280 e. The van der Waals surface area contributed by atoms with Crippen LogP contribution in [0.4, 0.5) is 34.4 Å². The smallest absolute Gasteiger partial charge is 0.280 e. The number of rotatable bonds is 4. The molecule has 0 radical (unpaired) electrons. The van der Waals surface area contributed by atoms with Crippen molar-refractivity contribution in [1.82, 2.24) is 9.97 Å². The SMILES string of the molecule is C1=C2C(=CC1)N(c1ccccc1)C1(N2c2ccccc2)N(c2ccccc2)c2nccnc2N1c1ccccc1. The molecule has 4 aromatic carbocycles. The van der Waals surface area contributed by atoms with E-state index in [9.17, 15) is 0 Å². The van der Waals surface area contributed by atoms with Crippen molar-refractivity contribution in [2.45, 2.75) is 12.3 Å². The van der Waals surface area contributed by atoms with Crippen LogP contribution in [-0.2, 0) is 0 Å². The monoisotopic (exact) mass is 518 g/mol. The first kappa shape index (κ1) is 22.6. The van der Waals surface area contributed by atoms with E-state index < -0.39 is 5.91 Å². The molecule has 6 heteroatoms. The molecular formula is C34H26N6. The molecule has 3 aliphatic rings. The molecule has 1 saturated heterocycles. The predicted octanol–water partition coefficient (Wildman–Crippen LogP) is 7.58. The Morgan fingerprint density at radius 3 is 1.10 bits per heavy atom. The van der Waals surface area contributed by atoms with E-state index in [1.807, 2.05) is 0 Å². The molecule has 3 heterocycles. The molecule has 0 bridgehead atoms. The first-order valence-corrected chi connectivity index (χ1v) is 13.5. The van der Waals surface area contributed by atoms with Crippen molar-refractivity contribution in [3.8, 4) is 0 Å². The molecule has 2 aliphatic heterocycles. The number of fused-ring (bicyclic) bond motifs is 2. The number of anilines is 6. The largest absolute Gasteiger partial charge is 0.298 e. The Labute approximate surface area is 233 Å². The van der Waals surface area contributed by atoms with Crippen molar-refractivity contribution >= 4 is 34.4 Å². The molecular weight excluding hydrogens is 492 g/mol. The molecule has 5 aromatic rings. The second-order valence-corrected chi connectivity index (χ2v) is 9.90. The van der Waals surface area contributed by atoms with E-state index in [0.29, 0.717) is 0 Å². The Bertz CT molecular complexity index is 1610. The average molecular weight is 519 g/mol. The van der Waals surface area contributed by atoms with E-state index >= 15 is 0 Å². The molecule has 0 N–H and O–H groups in total. The van der Waals surface area contributed by atoms with Crippen LogP contribution in [0.3, 0.4) is 0 Å². The Balaban J connectivity index is 1.55. The highest BCUT2D eigenvalue weighted by Gasteiger charge is 2.67. The van der Waals surface area contributed by atoms with Crippen molar-refractivity contribution < 1.29 is 0 Å². The van der Waals surface area contributed by atoms with Gasteiger partial charge in [-0.1, -0.05) is 84.9 Å². The molecule has 0 saturated carbocycles. The van der Waals surface area contributed by atoms with Gasteiger partial charge in [-0.15, -0.1) is 0 Å². The van der Waals surface area contributed by atoms with Gasteiger partial charge in [0.1, 0.15) is 0 Å². The number of hydrogen-bond acceptors (Lipinski definition) is 6. The Kier molecular flexibility index (Phi) is 5.00. The van der Waals surface area contributed by atoms with E-state index in [2.05, 4.69) is 153 Å². The van der Waals surface area contributed by atoms with Crippen LogP contribution in [0.25, 0.3) is 0 Å². The number of allylic oxidation sites excluding steroid dienone is 2. The van der Waals surface area contributed by atoms with E-state index in [0.717, 1.165) is 52.2 Å². The van der Waals surface area contributed by atoms with Crippen molar-refractivity contribution in [2.75, 3.05) is 19.6 Å². The third kappa shape index (κ3) is 3.04. The fourth-order valence-corrected chi connectivity index (χ4v) is 6.27. The lowest BCUT2D eigenvalue weighted by atomic mass is 10.2. The van der Waals surface area contributed by atoms with E-state index in [1.54, 1.807) is 12.4 Å². The molecule has 1 fully saturated rings. The lowest BCUT2D eigenvalue weighted by Gasteiger charge is -2.52. The normalized spacial score (nSPS) is 16.7. The molecule has 1 spiro atoms. The molecule has 192 valence electrons. The van der Waals surface area contributed by atoms with Gasteiger partial charge in [-0.25, -0.2) is 9.97 Å². The van der Waals surface area contributed by atoms with Gasteiger partial charge in [0, 0.05) is 35.1 Å². The zero-order chi connectivity index (χ0) is 26.5. The molecule has 40 heavy (non-hydrogen) atoms. The van der Waals surface area contributed by atoms with Crippen LogP contribution < -0.4 is 19.6 Å². The summed E-state index contributed by atoms with van der Waals surface area (Å²) in [5.74, 6) is 0.633. The molecule has 1 aliphatic carbocycles. The van der Waals surface area contributed by atoms with E-state index in [1.165, 1.54) is 0 Å². The number of aromatic nitrogens is 2. The molecule has 6 nitrogen and oxygen atoms in total. The zero-order valence-electron chi connectivity index (χ0n) is 21.7. The Morgan fingerprint density at radius 1 is 0.425 bits per heavy atom. The van der Waals surface area contributed by atoms with Gasteiger partial charge < -0.3 is 0 Å². The molecule has 0 atom stereocenters. The average Bonchev–Trinajstić information content (AvgIpc) is 3.68. The lowest BCUT2D eigenvalue weighted by Crippen LogP contribution is -2.70. The summed E-state index contributed by atoms with van der Waals surface area (Å²) < 4.78 is 0. The van der Waals surface area contributed by atoms with Crippen LogP contribution in [0.1, 0.15) is 6.42 Å². The highest BCUT2D eigenvalue weighted by molar-refractivity contribution is 5.94. The summed E-state index contributed by atoms with van der Waals surface area (Å²) in [6, 6.07) is 42.3. The van der Waals surface area contributed by atoms with Crippen LogP contribution in [-0.4, -0.2) is 15.9 Å². The minimum atomic E-state index is -0.951. The van der Waals surface area contributed by atoms with Crippen molar-refractivity contribution in [3.63, 3.8) is 0 Å². The lowest BCUT2D eigenvalue weighted by molar-refractivity contribution is 0.471. The standard InChI is InChI=1S/C34H26N6/c1-5-14-26(15-6-1)37-30-22-13-23-31(30)38(27-16-7-2-8-17-27)34(37)39(28-18-9-3-10-19-28)32-33(36-25-24-35-32)40(34)29-20-11-4-12-21-29/h1-12,14-25H,13H2. The summed E-state index contributed by atoms with van der Waals surface area (Å²) >= 11 is 0. The highest BCUT2D eigenvalue weighted by Crippen LogP contribution is 2.61. The fourth-order valence-electron chi connectivity index (χ4n) is 6.27. The summed E-state index contributed by atoms with van der Waals surface area (Å²) in [5, 5.41) is 0. The van der Waals surface area contributed by atoms with Crippen molar-refractivity contribution in [1.29, 1.82) is 0 Å². The Morgan fingerprint density at radius 2 is 0.750 bits per heavy atom. The predicted molar refractivity (Wildman–Crippen MR) is 161 cm³/mol. The topological polar surface area (TPSA) is 38.7 Å². The van der Waals surface area contributed by atoms with E-state index in [-0.39, 0.29) is 0 Å². The second-order valence-electron chi connectivity index (χ2n) is 9.90. The second kappa shape index (κ2) is 8.85. The first-order chi connectivity index (χ1) is 19.9. The molecule has 1 aromatic heterocycles. The fraction of sp³-hybridized carbons (Fsp3) is 0.0588. The molecule has 8 rings (SSSR count). The molecule has 0 amide bonds. The Hall–Kier alpha value is -5.36. The third-order valence-electron chi connectivity index (χ3n) is 7.71. The van der Waals surface area contributed by atoms with Crippen molar-refractivity contribution in [3.05, 3.63) is 157 Å².